The number of pyridine rings is 2. The predicted molar refractivity (Wildman–Crippen MR) is 83.8 cm³/mol. The molecule has 0 saturated heterocycles. The van der Waals surface area contributed by atoms with Crippen molar-refractivity contribution < 1.29 is 4.79 Å². The van der Waals surface area contributed by atoms with Crippen LogP contribution in [0.25, 0.3) is 11.0 Å². The number of carbonyl (C=O) groups excluding carboxylic acids is 1. The second kappa shape index (κ2) is 6.65. The molecule has 0 saturated carbocycles. The van der Waals surface area contributed by atoms with Crippen molar-refractivity contribution in [2.24, 2.45) is 0 Å². The van der Waals surface area contributed by atoms with Crippen LogP contribution in [0.4, 0.5) is 5.69 Å². The van der Waals surface area contributed by atoms with E-state index in [-0.39, 0.29) is 5.91 Å². The Hall–Kier alpha value is -1.69. The highest BCUT2D eigenvalue weighted by atomic mass is 79.9. The Morgan fingerprint density at radius 3 is 2.95 bits per heavy atom. The van der Waals surface area contributed by atoms with E-state index in [1.807, 2.05) is 17.0 Å². The van der Waals surface area contributed by atoms with E-state index in [9.17, 15) is 4.79 Å². The molecule has 2 aromatic heterocycles. The summed E-state index contributed by atoms with van der Waals surface area (Å²) in [5.41, 5.74) is 2.57. The number of amides is 1. The van der Waals surface area contributed by atoms with Gasteiger partial charge in [-0.05, 0) is 34.5 Å². The zero-order valence-electron chi connectivity index (χ0n) is 11.6. The number of hydrogen-bond acceptors (Lipinski definition) is 4. The fraction of sp³-hybridized carbons (Fsp3) is 0.357. The predicted octanol–water partition coefficient (Wildman–Crippen LogP) is 2.35. The van der Waals surface area contributed by atoms with Gasteiger partial charge in [0.1, 0.15) is 5.52 Å². The molecule has 20 heavy (non-hydrogen) atoms. The van der Waals surface area contributed by atoms with E-state index < -0.39 is 0 Å². The van der Waals surface area contributed by atoms with Crippen molar-refractivity contribution in [3.63, 3.8) is 0 Å². The van der Waals surface area contributed by atoms with E-state index in [0.717, 1.165) is 34.2 Å². The number of anilines is 1. The lowest BCUT2D eigenvalue weighted by molar-refractivity contribution is -0.119. The molecule has 0 aliphatic carbocycles. The summed E-state index contributed by atoms with van der Waals surface area (Å²) in [5.74, 6) is -0.0134. The Bertz CT molecular complexity index is 617. The zero-order chi connectivity index (χ0) is 14.5. The van der Waals surface area contributed by atoms with E-state index in [0.29, 0.717) is 6.54 Å². The van der Waals surface area contributed by atoms with E-state index in [4.69, 9.17) is 0 Å². The Morgan fingerprint density at radius 1 is 1.45 bits per heavy atom. The molecule has 106 valence electrons. The van der Waals surface area contributed by atoms with Crippen molar-refractivity contribution in [1.29, 1.82) is 0 Å². The molecular formula is C14H17BrN4O. The molecule has 0 fully saturated rings. The number of carbonyl (C=O) groups is 1. The molecule has 0 spiro atoms. The number of fused-ring (bicyclic) bond motifs is 1. The number of halogens is 1. The second-order valence-corrected chi connectivity index (χ2v) is 5.36. The SMILES string of the molecule is CCCN(CC(=O)NC)c1ccnc2cc(Br)cnc12. The van der Waals surface area contributed by atoms with E-state index in [2.05, 4.69) is 38.1 Å². The molecule has 6 heteroatoms. The Kier molecular flexibility index (Phi) is 4.89. The van der Waals surface area contributed by atoms with Gasteiger partial charge in [-0.25, -0.2) is 0 Å². The van der Waals surface area contributed by atoms with Crippen LogP contribution in [0.5, 0.6) is 0 Å². The first-order valence-electron chi connectivity index (χ1n) is 6.51. The average Bonchev–Trinajstić information content (AvgIpc) is 2.45. The standard InChI is InChI=1S/C14H17BrN4O/c1-3-6-19(9-13(20)16-2)12-4-5-17-11-7-10(15)8-18-14(11)12/h4-5,7-8H,3,6,9H2,1-2H3,(H,16,20). The fourth-order valence-electron chi connectivity index (χ4n) is 2.05. The van der Waals surface area contributed by atoms with Crippen molar-refractivity contribution in [3.05, 3.63) is 29.0 Å². The summed E-state index contributed by atoms with van der Waals surface area (Å²) in [6, 6.07) is 3.83. The zero-order valence-corrected chi connectivity index (χ0v) is 13.1. The first kappa shape index (κ1) is 14.7. The van der Waals surface area contributed by atoms with Gasteiger partial charge in [0.15, 0.2) is 0 Å². The van der Waals surface area contributed by atoms with Crippen LogP contribution in [0.2, 0.25) is 0 Å². The highest BCUT2D eigenvalue weighted by Gasteiger charge is 2.14. The molecule has 0 bridgehead atoms. The summed E-state index contributed by atoms with van der Waals surface area (Å²) < 4.78 is 0.892. The quantitative estimate of drug-likeness (QED) is 0.910. The lowest BCUT2D eigenvalue weighted by Gasteiger charge is -2.24. The average molecular weight is 337 g/mol. The smallest absolute Gasteiger partial charge is 0.239 e. The number of nitrogens with zero attached hydrogens (tertiary/aromatic N) is 3. The highest BCUT2D eigenvalue weighted by molar-refractivity contribution is 9.10. The van der Waals surface area contributed by atoms with Crippen LogP contribution in [-0.2, 0) is 4.79 Å². The number of aromatic nitrogens is 2. The summed E-state index contributed by atoms with van der Waals surface area (Å²) >= 11 is 3.40. The van der Waals surface area contributed by atoms with Gasteiger partial charge in [-0.3, -0.25) is 14.8 Å². The minimum Gasteiger partial charge on any atom is -0.360 e. The Morgan fingerprint density at radius 2 is 2.25 bits per heavy atom. The number of rotatable bonds is 5. The van der Waals surface area contributed by atoms with Gasteiger partial charge in [0, 0.05) is 30.5 Å². The fourth-order valence-corrected chi connectivity index (χ4v) is 2.37. The van der Waals surface area contributed by atoms with Gasteiger partial charge in [0.2, 0.25) is 5.91 Å². The van der Waals surface area contributed by atoms with Crippen LogP contribution in [0.3, 0.4) is 0 Å². The molecule has 1 N–H and O–H groups in total. The van der Waals surface area contributed by atoms with Gasteiger partial charge in [0.25, 0.3) is 0 Å². The van der Waals surface area contributed by atoms with Crippen LogP contribution in [0, 0.1) is 0 Å². The summed E-state index contributed by atoms with van der Waals surface area (Å²) in [4.78, 5) is 22.5. The normalized spacial score (nSPS) is 10.6. The van der Waals surface area contributed by atoms with E-state index >= 15 is 0 Å². The van der Waals surface area contributed by atoms with Crippen LogP contribution in [0.15, 0.2) is 29.0 Å². The van der Waals surface area contributed by atoms with E-state index in [1.165, 1.54) is 0 Å². The molecule has 0 atom stereocenters. The molecule has 0 unspecified atom stereocenters. The maximum atomic E-state index is 11.7. The summed E-state index contributed by atoms with van der Waals surface area (Å²) in [5, 5.41) is 2.66. The number of nitrogens with one attached hydrogen (secondary N) is 1. The maximum absolute atomic E-state index is 11.7. The molecule has 5 nitrogen and oxygen atoms in total. The molecule has 2 rings (SSSR count). The van der Waals surface area contributed by atoms with Crippen molar-refractivity contribution in [1.82, 2.24) is 15.3 Å². The lowest BCUT2D eigenvalue weighted by atomic mass is 10.2. The molecular weight excluding hydrogens is 320 g/mol. The first-order valence-corrected chi connectivity index (χ1v) is 7.30. The lowest BCUT2D eigenvalue weighted by Crippen LogP contribution is -2.36. The van der Waals surface area contributed by atoms with Gasteiger partial charge in [-0.2, -0.15) is 0 Å². The van der Waals surface area contributed by atoms with Crippen LogP contribution in [0.1, 0.15) is 13.3 Å². The first-order chi connectivity index (χ1) is 9.65. The second-order valence-electron chi connectivity index (χ2n) is 4.45. The molecule has 2 heterocycles. The van der Waals surface area contributed by atoms with E-state index in [1.54, 1.807) is 19.4 Å². The van der Waals surface area contributed by atoms with Gasteiger partial charge < -0.3 is 10.2 Å². The Labute approximate surface area is 126 Å². The number of likely N-dealkylation sites (N-methyl/N-ethyl adjacent to an activating group) is 1. The maximum Gasteiger partial charge on any atom is 0.239 e. The molecule has 0 aliphatic rings. The van der Waals surface area contributed by atoms with Crippen molar-refractivity contribution in [2.45, 2.75) is 13.3 Å². The largest absolute Gasteiger partial charge is 0.360 e. The summed E-state index contributed by atoms with van der Waals surface area (Å²) in [7, 11) is 1.65. The third-order valence-corrected chi connectivity index (χ3v) is 3.40. The molecule has 2 aromatic rings. The van der Waals surface area contributed by atoms with Crippen LogP contribution in [-0.4, -0.2) is 36.0 Å². The van der Waals surface area contributed by atoms with Gasteiger partial charge in [-0.1, -0.05) is 6.92 Å². The van der Waals surface area contributed by atoms with Crippen molar-refractivity contribution in [2.75, 3.05) is 25.0 Å². The molecule has 0 aliphatic heterocycles. The third-order valence-electron chi connectivity index (χ3n) is 2.97. The van der Waals surface area contributed by atoms with Crippen LogP contribution < -0.4 is 10.2 Å². The van der Waals surface area contributed by atoms with Crippen molar-refractivity contribution in [3.8, 4) is 0 Å². The van der Waals surface area contributed by atoms with Crippen molar-refractivity contribution >= 4 is 38.6 Å². The topological polar surface area (TPSA) is 58.1 Å². The monoisotopic (exact) mass is 336 g/mol. The Balaban J connectivity index is 2.44. The molecule has 0 radical (unpaired) electrons. The third kappa shape index (κ3) is 3.25. The van der Waals surface area contributed by atoms with Gasteiger partial charge >= 0.3 is 0 Å². The summed E-state index contributed by atoms with van der Waals surface area (Å²) in [6.45, 7) is 3.20. The molecule has 0 aromatic carbocycles. The molecule has 1 amide bonds. The number of hydrogen-bond donors (Lipinski definition) is 1. The van der Waals surface area contributed by atoms with Gasteiger partial charge in [0.05, 0.1) is 17.7 Å². The van der Waals surface area contributed by atoms with Crippen LogP contribution >= 0.6 is 15.9 Å². The minimum absolute atomic E-state index is 0.0134. The highest BCUT2D eigenvalue weighted by Crippen LogP contribution is 2.25. The summed E-state index contributed by atoms with van der Waals surface area (Å²) in [6.07, 6.45) is 4.45. The minimum atomic E-state index is -0.0134. The van der Waals surface area contributed by atoms with Gasteiger partial charge in [-0.15, -0.1) is 0 Å².